The van der Waals surface area contributed by atoms with Crippen LogP contribution in [0.3, 0.4) is 0 Å². The highest BCUT2D eigenvalue weighted by molar-refractivity contribution is 6.06. The lowest BCUT2D eigenvalue weighted by Gasteiger charge is -2.30. The van der Waals surface area contributed by atoms with Gasteiger partial charge in [-0.1, -0.05) is 32.9 Å². The summed E-state index contributed by atoms with van der Waals surface area (Å²) in [7, 11) is 0. The number of carbonyl (C=O) groups excluding carboxylic acids is 2. The number of aliphatic hydroxyl groups excluding tert-OH is 1. The Bertz CT molecular complexity index is 1120. The largest absolute Gasteiger partial charge is 0.399 e. The fraction of sp³-hybridized carbons (Fsp3) is 0.348. The van der Waals surface area contributed by atoms with Crippen LogP contribution in [0, 0.1) is 11.2 Å². The van der Waals surface area contributed by atoms with Gasteiger partial charge in [-0.15, -0.1) is 0 Å². The van der Waals surface area contributed by atoms with Crippen LogP contribution in [0.5, 0.6) is 0 Å². The Morgan fingerprint density at radius 3 is 2.50 bits per heavy atom. The third-order valence-electron chi connectivity index (χ3n) is 5.06. The lowest BCUT2D eigenvalue weighted by Crippen LogP contribution is -2.54. The van der Waals surface area contributed by atoms with Gasteiger partial charge in [-0.25, -0.2) is 4.39 Å². The molecule has 3 aromatic rings. The minimum atomic E-state index is -0.862. The second kappa shape index (κ2) is 9.35. The second-order valence-electron chi connectivity index (χ2n) is 8.70. The molecular weight excluding hydrogens is 413 g/mol. The highest BCUT2D eigenvalue weighted by Crippen LogP contribution is 2.24. The number of aliphatic hydroxyl groups is 1. The van der Waals surface area contributed by atoms with E-state index in [4.69, 9.17) is 10.8 Å². The quantitative estimate of drug-likeness (QED) is 0.418. The number of hydrogen-bond donors (Lipinski definition) is 4. The molecule has 8 nitrogen and oxygen atoms in total. The molecule has 0 bridgehead atoms. The third kappa shape index (κ3) is 5.23. The van der Waals surface area contributed by atoms with Crippen LogP contribution in [0.1, 0.15) is 36.8 Å². The molecule has 0 spiro atoms. The number of aromatic nitrogens is 2. The van der Waals surface area contributed by atoms with Gasteiger partial charge >= 0.3 is 0 Å². The van der Waals surface area contributed by atoms with Crippen molar-refractivity contribution in [3.8, 4) is 0 Å². The maximum absolute atomic E-state index is 14.0. The summed E-state index contributed by atoms with van der Waals surface area (Å²) in [5.41, 5.74) is 7.21. The normalized spacial score (nSPS) is 12.5. The molecule has 170 valence electrons. The van der Waals surface area contributed by atoms with Crippen LogP contribution >= 0.6 is 0 Å². The number of amides is 2. The van der Waals surface area contributed by atoms with Crippen LogP contribution in [-0.2, 0) is 11.3 Å². The van der Waals surface area contributed by atoms with Crippen molar-refractivity contribution in [3.63, 3.8) is 0 Å². The minimum absolute atomic E-state index is 0.0830. The van der Waals surface area contributed by atoms with Gasteiger partial charge < -0.3 is 21.5 Å². The number of halogens is 1. The molecule has 0 aliphatic carbocycles. The van der Waals surface area contributed by atoms with Crippen LogP contribution in [0.25, 0.3) is 10.9 Å². The predicted octanol–water partition coefficient (Wildman–Crippen LogP) is 2.06. The van der Waals surface area contributed by atoms with Crippen molar-refractivity contribution in [1.82, 2.24) is 20.4 Å². The topological polar surface area (TPSA) is 122 Å². The van der Waals surface area contributed by atoms with Gasteiger partial charge in [-0.05, 0) is 41.3 Å². The van der Waals surface area contributed by atoms with E-state index in [1.165, 1.54) is 18.2 Å². The lowest BCUT2D eigenvalue weighted by molar-refractivity contribution is -0.125. The summed E-state index contributed by atoms with van der Waals surface area (Å²) in [6, 6.07) is 10.4. The SMILES string of the molecule is CC(C)(C)C(NC(=O)c1nn(Cc2ccc(N)cc2)c2cc(F)ccc12)C(=O)NCCO. The van der Waals surface area contributed by atoms with Gasteiger partial charge in [0, 0.05) is 17.6 Å². The summed E-state index contributed by atoms with van der Waals surface area (Å²) in [5.74, 6) is -1.40. The number of rotatable bonds is 7. The van der Waals surface area contributed by atoms with Crippen molar-refractivity contribution in [3.05, 3.63) is 59.5 Å². The Balaban J connectivity index is 1.95. The van der Waals surface area contributed by atoms with Crippen LogP contribution in [0.4, 0.5) is 10.1 Å². The summed E-state index contributed by atoms with van der Waals surface area (Å²) >= 11 is 0. The zero-order valence-electron chi connectivity index (χ0n) is 18.4. The molecule has 1 unspecified atom stereocenters. The molecule has 32 heavy (non-hydrogen) atoms. The second-order valence-corrected chi connectivity index (χ2v) is 8.70. The molecule has 0 aliphatic heterocycles. The van der Waals surface area contributed by atoms with E-state index in [9.17, 15) is 14.0 Å². The van der Waals surface area contributed by atoms with E-state index < -0.39 is 29.1 Å². The summed E-state index contributed by atoms with van der Waals surface area (Å²) in [6.07, 6.45) is 0. The van der Waals surface area contributed by atoms with Crippen LogP contribution in [0.15, 0.2) is 42.5 Å². The smallest absolute Gasteiger partial charge is 0.273 e. The van der Waals surface area contributed by atoms with E-state index in [0.29, 0.717) is 23.1 Å². The molecule has 3 rings (SSSR count). The Labute approximate surface area is 185 Å². The minimum Gasteiger partial charge on any atom is -0.399 e. The van der Waals surface area contributed by atoms with Crippen molar-refractivity contribution in [2.24, 2.45) is 5.41 Å². The Hall–Kier alpha value is -3.46. The van der Waals surface area contributed by atoms with Crippen LogP contribution in [0.2, 0.25) is 0 Å². The zero-order valence-corrected chi connectivity index (χ0v) is 18.4. The molecule has 0 saturated heterocycles. The summed E-state index contributed by atoms with van der Waals surface area (Å²) < 4.78 is 15.5. The molecule has 2 amide bonds. The molecule has 1 heterocycles. The van der Waals surface area contributed by atoms with Gasteiger partial charge in [-0.2, -0.15) is 5.10 Å². The van der Waals surface area contributed by atoms with E-state index in [1.54, 1.807) is 16.8 Å². The van der Waals surface area contributed by atoms with Crippen molar-refractivity contribution >= 4 is 28.4 Å². The number of anilines is 1. The van der Waals surface area contributed by atoms with E-state index in [-0.39, 0.29) is 18.8 Å². The fourth-order valence-corrected chi connectivity index (χ4v) is 3.39. The fourth-order valence-electron chi connectivity index (χ4n) is 3.39. The molecular formula is C23H28FN5O3. The van der Waals surface area contributed by atoms with E-state index in [0.717, 1.165) is 5.56 Å². The first-order valence-corrected chi connectivity index (χ1v) is 10.3. The van der Waals surface area contributed by atoms with E-state index >= 15 is 0 Å². The average Bonchev–Trinajstić information content (AvgIpc) is 3.08. The van der Waals surface area contributed by atoms with E-state index in [1.807, 2.05) is 32.9 Å². The summed E-state index contributed by atoms with van der Waals surface area (Å²) in [6.45, 7) is 5.66. The molecule has 1 aromatic heterocycles. The number of benzene rings is 2. The number of nitrogens with one attached hydrogen (secondary N) is 2. The molecule has 1 atom stereocenters. The number of carbonyl (C=O) groups is 2. The van der Waals surface area contributed by atoms with E-state index in [2.05, 4.69) is 15.7 Å². The summed E-state index contributed by atoms with van der Waals surface area (Å²) in [5, 5.41) is 19.2. The Kier molecular flexibility index (Phi) is 6.78. The van der Waals surface area contributed by atoms with Gasteiger partial charge in [0.25, 0.3) is 5.91 Å². The van der Waals surface area contributed by atoms with Gasteiger partial charge in [0.1, 0.15) is 11.9 Å². The maximum Gasteiger partial charge on any atom is 0.273 e. The number of fused-ring (bicyclic) bond motifs is 1. The molecule has 0 saturated carbocycles. The van der Waals surface area contributed by atoms with Gasteiger partial charge in [-0.3, -0.25) is 14.3 Å². The van der Waals surface area contributed by atoms with Crippen molar-refractivity contribution in [2.45, 2.75) is 33.4 Å². The standard InChI is InChI=1S/C23H28FN5O3/c1-23(2,3)20(22(32)26-10-11-30)27-21(31)19-17-9-6-15(24)12-18(17)29(28-19)13-14-4-7-16(25)8-5-14/h4-9,12,20,30H,10-11,13,25H2,1-3H3,(H,26,32)(H,27,31). The van der Waals surface area contributed by atoms with Crippen molar-refractivity contribution < 1.29 is 19.1 Å². The van der Waals surface area contributed by atoms with Crippen LogP contribution < -0.4 is 16.4 Å². The first-order valence-electron chi connectivity index (χ1n) is 10.3. The average molecular weight is 442 g/mol. The number of nitrogens with two attached hydrogens (primary N) is 1. The zero-order chi connectivity index (χ0) is 23.5. The van der Waals surface area contributed by atoms with Crippen molar-refractivity contribution in [2.75, 3.05) is 18.9 Å². The first-order chi connectivity index (χ1) is 15.1. The predicted molar refractivity (Wildman–Crippen MR) is 120 cm³/mol. The van der Waals surface area contributed by atoms with Gasteiger partial charge in [0.05, 0.1) is 18.7 Å². The summed E-state index contributed by atoms with van der Waals surface area (Å²) in [4.78, 5) is 25.7. The molecule has 0 radical (unpaired) electrons. The number of nitrogen functional groups attached to an aromatic ring is 1. The Morgan fingerprint density at radius 1 is 1.19 bits per heavy atom. The van der Waals surface area contributed by atoms with Crippen LogP contribution in [-0.4, -0.2) is 45.9 Å². The molecule has 0 fully saturated rings. The van der Waals surface area contributed by atoms with Crippen molar-refractivity contribution in [1.29, 1.82) is 0 Å². The third-order valence-corrected chi connectivity index (χ3v) is 5.06. The number of nitrogens with zero attached hydrogens (tertiary/aromatic N) is 2. The lowest BCUT2D eigenvalue weighted by atomic mass is 9.86. The molecule has 0 aliphatic rings. The van der Waals surface area contributed by atoms with Gasteiger partial charge in [0.15, 0.2) is 5.69 Å². The Morgan fingerprint density at radius 2 is 1.88 bits per heavy atom. The first kappa shape index (κ1) is 23.2. The monoisotopic (exact) mass is 441 g/mol. The van der Waals surface area contributed by atoms with Gasteiger partial charge in [0.2, 0.25) is 5.91 Å². The highest BCUT2D eigenvalue weighted by Gasteiger charge is 2.34. The highest BCUT2D eigenvalue weighted by atomic mass is 19.1. The number of hydrogen-bond acceptors (Lipinski definition) is 5. The maximum atomic E-state index is 14.0. The molecule has 2 aromatic carbocycles. The molecule has 9 heteroatoms. The molecule has 5 N–H and O–H groups in total.